The lowest BCUT2D eigenvalue weighted by molar-refractivity contribution is -0.274. The van der Waals surface area contributed by atoms with Gasteiger partial charge in [-0.05, 0) is 47.9 Å². The number of carbonyl (C=O) groups excluding carboxylic acids is 1. The third-order valence-electron chi connectivity index (χ3n) is 6.18. The molecule has 0 radical (unpaired) electrons. The molecule has 1 heterocycles. The maximum Gasteiger partial charge on any atom is 0.573 e. The molecule has 1 amide bonds. The van der Waals surface area contributed by atoms with Crippen molar-refractivity contribution in [2.75, 3.05) is 13.6 Å². The van der Waals surface area contributed by atoms with Gasteiger partial charge in [-0.3, -0.25) is 9.79 Å². The van der Waals surface area contributed by atoms with Crippen LogP contribution in [0.4, 0.5) is 22.0 Å². The smallest absolute Gasteiger partial charge is 0.406 e. The van der Waals surface area contributed by atoms with E-state index in [4.69, 9.17) is 0 Å². The average Bonchev–Trinajstić information content (AvgIpc) is 3.27. The summed E-state index contributed by atoms with van der Waals surface area (Å²) < 4.78 is 70.0. The summed E-state index contributed by atoms with van der Waals surface area (Å²) in [7, 11) is 1.66. The molecule has 9 heteroatoms. The number of rotatable bonds is 6. The fourth-order valence-electron chi connectivity index (χ4n) is 4.26. The second-order valence-corrected chi connectivity index (χ2v) is 8.47. The summed E-state index contributed by atoms with van der Waals surface area (Å²) in [6.45, 7) is 2.30. The largest absolute Gasteiger partial charge is 0.573 e. The van der Waals surface area contributed by atoms with E-state index in [2.05, 4.69) is 9.73 Å². The van der Waals surface area contributed by atoms with Crippen molar-refractivity contribution in [3.8, 4) is 16.9 Å². The van der Waals surface area contributed by atoms with Crippen molar-refractivity contribution in [3.63, 3.8) is 0 Å². The summed E-state index contributed by atoms with van der Waals surface area (Å²) in [5, 5.41) is 0. The lowest BCUT2D eigenvalue weighted by Gasteiger charge is -2.23. The number of hydrogen-bond acceptors (Lipinski definition) is 3. The average molecular weight is 502 g/mol. The summed E-state index contributed by atoms with van der Waals surface area (Å²) in [5.74, 6) is -2.61. The molecule has 1 aliphatic rings. The molecule has 0 bridgehead atoms. The standard InChI is InChI=1S/C27H23F5N2O2/c1-3-34(2)26(35)20-15-23(24-21(28)5-4-6-22(24)29)33-25(20)18-9-7-16(8-10-18)17-11-13-19(14-12-17)36-27(30,31)32/h4-14,20,25H,3,15H2,1-2H3. The zero-order valence-corrected chi connectivity index (χ0v) is 19.5. The van der Waals surface area contributed by atoms with E-state index >= 15 is 0 Å². The first kappa shape index (κ1) is 25.3. The number of carbonyl (C=O) groups is 1. The molecule has 36 heavy (non-hydrogen) atoms. The minimum Gasteiger partial charge on any atom is -0.406 e. The maximum absolute atomic E-state index is 14.5. The summed E-state index contributed by atoms with van der Waals surface area (Å²) in [6, 6.07) is 15.4. The van der Waals surface area contributed by atoms with E-state index < -0.39 is 30.0 Å². The fraction of sp³-hybridized carbons (Fsp3) is 0.259. The lowest BCUT2D eigenvalue weighted by Crippen LogP contribution is -2.34. The van der Waals surface area contributed by atoms with E-state index in [1.54, 1.807) is 36.2 Å². The molecule has 0 spiro atoms. The highest BCUT2D eigenvalue weighted by Crippen LogP contribution is 2.39. The zero-order valence-electron chi connectivity index (χ0n) is 19.5. The predicted octanol–water partition coefficient (Wildman–Crippen LogP) is 6.56. The Morgan fingerprint density at radius 2 is 1.53 bits per heavy atom. The van der Waals surface area contributed by atoms with E-state index in [1.165, 1.54) is 30.3 Å². The molecule has 4 nitrogen and oxygen atoms in total. The van der Waals surface area contributed by atoms with Crippen LogP contribution in [0.2, 0.25) is 0 Å². The molecule has 0 aromatic heterocycles. The van der Waals surface area contributed by atoms with Crippen LogP contribution in [-0.4, -0.2) is 36.5 Å². The van der Waals surface area contributed by atoms with Crippen molar-refractivity contribution in [1.29, 1.82) is 0 Å². The van der Waals surface area contributed by atoms with E-state index in [1.807, 2.05) is 6.92 Å². The van der Waals surface area contributed by atoms with Crippen LogP contribution < -0.4 is 4.74 Å². The van der Waals surface area contributed by atoms with Crippen molar-refractivity contribution < 1.29 is 31.5 Å². The predicted molar refractivity (Wildman–Crippen MR) is 126 cm³/mol. The molecule has 3 aromatic carbocycles. The first-order valence-corrected chi connectivity index (χ1v) is 11.3. The minimum atomic E-state index is -4.77. The Hall–Kier alpha value is -3.75. The molecule has 0 aliphatic carbocycles. The van der Waals surface area contributed by atoms with Crippen molar-refractivity contribution >= 4 is 11.6 Å². The number of amides is 1. The van der Waals surface area contributed by atoms with Gasteiger partial charge in [0.1, 0.15) is 17.4 Å². The van der Waals surface area contributed by atoms with Gasteiger partial charge in [0.25, 0.3) is 0 Å². The van der Waals surface area contributed by atoms with Gasteiger partial charge >= 0.3 is 6.36 Å². The molecule has 4 rings (SSSR count). The number of halogens is 5. The summed E-state index contributed by atoms with van der Waals surface area (Å²) in [6.07, 6.45) is -4.68. The van der Waals surface area contributed by atoms with Crippen molar-refractivity contribution in [1.82, 2.24) is 4.90 Å². The molecule has 2 unspecified atom stereocenters. The van der Waals surface area contributed by atoms with Gasteiger partial charge in [0.15, 0.2) is 0 Å². The van der Waals surface area contributed by atoms with Gasteiger partial charge in [0.05, 0.1) is 17.5 Å². The Kier molecular flexibility index (Phi) is 7.10. The van der Waals surface area contributed by atoms with E-state index in [0.717, 1.165) is 17.7 Å². The fourth-order valence-corrected chi connectivity index (χ4v) is 4.26. The van der Waals surface area contributed by atoms with Gasteiger partial charge in [-0.1, -0.05) is 42.5 Å². The quantitative estimate of drug-likeness (QED) is 0.359. The molecular formula is C27H23F5N2O2. The van der Waals surface area contributed by atoms with Crippen molar-refractivity contribution in [2.45, 2.75) is 25.7 Å². The maximum atomic E-state index is 14.5. The summed E-state index contributed by atoms with van der Waals surface area (Å²) >= 11 is 0. The Balaban J connectivity index is 1.64. The summed E-state index contributed by atoms with van der Waals surface area (Å²) in [4.78, 5) is 19.2. The highest BCUT2D eigenvalue weighted by atomic mass is 19.4. The van der Waals surface area contributed by atoms with Crippen LogP contribution in [0.25, 0.3) is 11.1 Å². The van der Waals surface area contributed by atoms with Crippen LogP contribution >= 0.6 is 0 Å². The van der Waals surface area contributed by atoms with E-state index in [-0.39, 0.29) is 29.4 Å². The van der Waals surface area contributed by atoms with Crippen LogP contribution in [0.15, 0.2) is 71.7 Å². The van der Waals surface area contributed by atoms with Gasteiger partial charge in [0, 0.05) is 25.7 Å². The molecule has 3 aromatic rings. The second kappa shape index (κ2) is 10.1. The van der Waals surface area contributed by atoms with Gasteiger partial charge in [-0.15, -0.1) is 13.2 Å². The van der Waals surface area contributed by atoms with E-state index in [9.17, 15) is 26.7 Å². The topological polar surface area (TPSA) is 41.9 Å². The molecule has 1 aliphatic heterocycles. The number of benzene rings is 3. The SMILES string of the molecule is CCN(C)C(=O)C1CC(c2c(F)cccc2F)=NC1c1ccc(-c2ccc(OC(F)(F)F)cc2)cc1. The van der Waals surface area contributed by atoms with Crippen LogP contribution in [0.5, 0.6) is 5.75 Å². The molecule has 0 N–H and O–H groups in total. The van der Waals surface area contributed by atoms with Gasteiger partial charge in [-0.25, -0.2) is 8.78 Å². The van der Waals surface area contributed by atoms with Gasteiger partial charge in [-0.2, -0.15) is 0 Å². The number of hydrogen-bond donors (Lipinski definition) is 0. The Bertz CT molecular complexity index is 1250. The molecular weight excluding hydrogens is 479 g/mol. The van der Waals surface area contributed by atoms with Crippen molar-refractivity contribution in [2.24, 2.45) is 10.9 Å². The lowest BCUT2D eigenvalue weighted by atomic mass is 9.89. The van der Waals surface area contributed by atoms with Crippen LogP contribution in [0.3, 0.4) is 0 Å². The first-order chi connectivity index (χ1) is 17.1. The highest BCUT2D eigenvalue weighted by Gasteiger charge is 2.39. The van der Waals surface area contributed by atoms with Crippen molar-refractivity contribution in [3.05, 3.63) is 89.5 Å². The monoisotopic (exact) mass is 502 g/mol. The normalized spacial score (nSPS) is 17.6. The number of aliphatic imine (C=N–C) groups is 1. The highest BCUT2D eigenvalue weighted by molar-refractivity contribution is 6.05. The van der Waals surface area contributed by atoms with E-state index in [0.29, 0.717) is 17.7 Å². The Labute approximate surface area is 205 Å². The second-order valence-electron chi connectivity index (χ2n) is 8.47. The van der Waals surface area contributed by atoms with Gasteiger partial charge < -0.3 is 9.64 Å². The third kappa shape index (κ3) is 5.40. The third-order valence-corrected chi connectivity index (χ3v) is 6.18. The Morgan fingerprint density at radius 1 is 0.972 bits per heavy atom. The number of ether oxygens (including phenoxy) is 1. The van der Waals surface area contributed by atoms with Crippen LogP contribution in [0, 0.1) is 17.6 Å². The van der Waals surface area contributed by atoms with Crippen LogP contribution in [-0.2, 0) is 4.79 Å². The van der Waals surface area contributed by atoms with Crippen LogP contribution in [0.1, 0.15) is 30.5 Å². The zero-order chi connectivity index (χ0) is 26.0. The molecule has 0 saturated heterocycles. The summed E-state index contributed by atoms with van der Waals surface area (Å²) in [5.41, 5.74) is 2.05. The molecule has 2 atom stereocenters. The Morgan fingerprint density at radius 3 is 2.06 bits per heavy atom. The first-order valence-electron chi connectivity index (χ1n) is 11.3. The minimum absolute atomic E-state index is 0.0914. The molecule has 0 fully saturated rings. The molecule has 188 valence electrons. The molecule has 0 saturated carbocycles. The number of alkyl halides is 3. The van der Waals surface area contributed by atoms with Gasteiger partial charge in [0.2, 0.25) is 5.91 Å². The number of nitrogens with zero attached hydrogens (tertiary/aromatic N) is 2.